The van der Waals surface area contributed by atoms with Gasteiger partial charge in [0.1, 0.15) is 6.54 Å². The number of benzene rings is 1. The molecule has 0 bridgehead atoms. The molecule has 0 radical (unpaired) electrons. The highest BCUT2D eigenvalue weighted by atomic mass is 19.4. The maximum atomic E-state index is 13.6. The van der Waals surface area contributed by atoms with Crippen molar-refractivity contribution in [2.45, 2.75) is 76.6 Å². The zero-order valence-corrected chi connectivity index (χ0v) is 28.2. The third-order valence-corrected chi connectivity index (χ3v) is 9.65. The highest BCUT2D eigenvalue weighted by Gasteiger charge is 2.30. The SMILES string of the molecule is CN1CCC(NCC(=O)N2CCC(CCc3ccc4c(c3)cc(C#CCNc3ccc(C(C)(C)C#N)nc3)n4CC(F)(F)F)CC2)CC1. The average molecular weight is 662 g/mol. The van der Waals surface area contributed by atoms with Crippen LogP contribution in [0, 0.1) is 29.1 Å². The predicted octanol–water partition coefficient (Wildman–Crippen LogP) is 5.72. The van der Waals surface area contributed by atoms with Gasteiger partial charge in [0.05, 0.1) is 47.8 Å². The van der Waals surface area contributed by atoms with Crippen LogP contribution >= 0.6 is 0 Å². The third kappa shape index (κ3) is 9.52. The summed E-state index contributed by atoms with van der Waals surface area (Å²) in [5.41, 5.74) is 2.57. The van der Waals surface area contributed by atoms with Crippen molar-refractivity contribution in [1.29, 1.82) is 5.26 Å². The summed E-state index contributed by atoms with van der Waals surface area (Å²) in [6.07, 6.45) is 3.14. The Balaban J connectivity index is 1.15. The molecule has 11 heteroatoms. The molecule has 0 saturated carbocycles. The molecule has 0 aliphatic carbocycles. The summed E-state index contributed by atoms with van der Waals surface area (Å²) >= 11 is 0. The van der Waals surface area contributed by atoms with Gasteiger partial charge in [-0.05, 0) is 120 Å². The van der Waals surface area contributed by atoms with E-state index in [0.717, 1.165) is 75.7 Å². The first-order valence-electron chi connectivity index (χ1n) is 16.9. The van der Waals surface area contributed by atoms with E-state index in [1.165, 1.54) is 4.57 Å². The summed E-state index contributed by atoms with van der Waals surface area (Å²) in [4.78, 5) is 21.4. The van der Waals surface area contributed by atoms with E-state index in [1.54, 1.807) is 38.2 Å². The van der Waals surface area contributed by atoms with E-state index in [0.29, 0.717) is 41.1 Å². The summed E-state index contributed by atoms with van der Waals surface area (Å²) in [5.74, 6) is 6.58. The van der Waals surface area contributed by atoms with Crippen LogP contribution in [0.3, 0.4) is 0 Å². The maximum Gasteiger partial charge on any atom is 0.406 e. The number of halogens is 3. The minimum atomic E-state index is -4.39. The largest absolute Gasteiger partial charge is 0.406 e. The Morgan fingerprint density at radius 1 is 1.04 bits per heavy atom. The van der Waals surface area contributed by atoms with E-state index in [4.69, 9.17) is 0 Å². The van der Waals surface area contributed by atoms with Gasteiger partial charge < -0.3 is 25.0 Å². The molecule has 1 amide bonds. The Morgan fingerprint density at radius 3 is 2.46 bits per heavy atom. The van der Waals surface area contributed by atoms with E-state index in [-0.39, 0.29) is 12.5 Å². The van der Waals surface area contributed by atoms with Crippen LogP contribution in [-0.2, 0) is 23.2 Å². The topological polar surface area (TPSA) is 89.2 Å². The number of aryl methyl sites for hydroxylation is 1. The van der Waals surface area contributed by atoms with Gasteiger partial charge in [0.15, 0.2) is 0 Å². The standard InChI is InChI=1S/C37H46F3N7O/c1-36(2,25-41)34-11-9-31(23-44-34)42-16-4-5-32-22-29-21-28(8-10-33(29)47(32)26-37(38,39)40)7-6-27-12-19-46(20-13-27)35(48)24-43-30-14-17-45(3)18-15-30/h8-11,21-23,27,30,42-43H,6-7,12-20,24,26H2,1-3H3. The fourth-order valence-corrected chi connectivity index (χ4v) is 6.53. The zero-order chi connectivity index (χ0) is 34.3. The molecule has 2 N–H and O–H groups in total. The summed E-state index contributed by atoms with van der Waals surface area (Å²) < 4.78 is 41.9. The summed E-state index contributed by atoms with van der Waals surface area (Å²) in [6.45, 7) is 6.78. The molecular formula is C37H46F3N7O. The second kappa shape index (κ2) is 15.4. The van der Waals surface area contributed by atoms with Crippen molar-refractivity contribution in [3.63, 3.8) is 0 Å². The van der Waals surface area contributed by atoms with Crippen molar-refractivity contribution in [3.8, 4) is 17.9 Å². The lowest BCUT2D eigenvalue weighted by Gasteiger charge is -2.33. The number of carbonyl (C=O) groups excluding carboxylic acids is 1. The van der Waals surface area contributed by atoms with Crippen LogP contribution in [0.25, 0.3) is 10.9 Å². The molecule has 5 rings (SSSR count). The third-order valence-electron chi connectivity index (χ3n) is 9.65. The van der Waals surface area contributed by atoms with E-state index in [2.05, 4.69) is 45.5 Å². The number of anilines is 1. The second-order valence-electron chi connectivity index (χ2n) is 13.8. The minimum Gasteiger partial charge on any atom is -0.373 e. The van der Waals surface area contributed by atoms with Crippen molar-refractivity contribution in [3.05, 3.63) is 59.5 Å². The Morgan fingerprint density at radius 2 is 1.79 bits per heavy atom. The number of carbonyl (C=O) groups is 1. The number of likely N-dealkylation sites (tertiary alicyclic amines) is 2. The predicted molar refractivity (Wildman–Crippen MR) is 182 cm³/mol. The number of nitrogens with zero attached hydrogens (tertiary/aromatic N) is 5. The number of hydrogen-bond acceptors (Lipinski definition) is 6. The number of aromatic nitrogens is 2. The molecule has 256 valence electrons. The van der Waals surface area contributed by atoms with Gasteiger partial charge in [0, 0.05) is 30.0 Å². The molecule has 8 nitrogen and oxygen atoms in total. The fourth-order valence-electron chi connectivity index (χ4n) is 6.53. The van der Waals surface area contributed by atoms with Gasteiger partial charge in [-0.3, -0.25) is 9.78 Å². The Kier molecular flexibility index (Phi) is 11.3. The lowest BCUT2D eigenvalue weighted by Crippen LogP contribution is -2.47. The van der Waals surface area contributed by atoms with E-state index >= 15 is 0 Å². The smallest absolute Gasteiger partial charge is 0.373 e. The van der Waals surface area contributed by atoms with Gasteiger partial charge in [0.2, 0.25) is 5.91 Å². The van der Waals surface area contributed by atoms with E-state index in [1.807, 2.05) is 23.1 Å². The summed E-state index contributed by atoms with van der Waals surface area (Å²) in [7, 11) is 2.13. The number of hydrogen-bond donors (Lipinski definition) is 2. The first-order chi connectivity index (χ1) is 22.9. The van der Waals surface area contributed by atoms with E-state index in [9.17, 15) is 23.2 Å². The molecule has 0 unspecified atom stereocenters. The molecule has 2 aromatic heterocycles. The number of pyridine rings is 1. The van der Waals surface area contributed by atoms with Crippen LogP contribution in [0.4, 0.5) is 18.9 Å². The minimum absolute atomic E-state index is 0.183. The highest BCUT2D eigenvalue weighted by molar-refractivity contribution is 5.83. The molecule has 3 aromatic rings. The van der Waals surface area contributed by atoms with Gasteiger partial charge >= 0.3 is 6.18 Å². The molecule has 4 heterocycles. The number of amides is 1. The maximum absolute atomic E-state index is 13.6. The molecule has 0 atom stereocenters. The Bertz CT molecular complexity index is 1650. The van der Waals surface area contributed by atoms with Crippen LogP contribution in [0.2, 0.25) is 0 Å². The second-order valence-corrected chi connectivity index (χ2v) is 13.8. The van der Waals surface area contributed by atoms with Crippen molar-refractivity contribution in [2.75, 3.05) is 51.6 Å². The number of alkyl halides is 3. The van der Waals surface area contributed by atoms with Crippen LogP contribution in [0.15, 0.2) is 42.6 Å². The normalized spacial score (nSPS) is 16.8. The van der Waals surface area contributed by atoms with Crippen molar-refractivity contribution < 1.29 is 18.0 Å². The first kappa shape index (κ1) is 35.3. The number of piperidine rings is 2. The monoisotopic (exact) mass is 661 g/mol. The van der Waals surface area contributed by atoms with Gasteiger partial charge in [0.25, 0.3) is 0 Å². The lowest BCUT2D eigenvalue weighted by atomic mass is 9.90. The Labute approximate surface area is 281 Å². The van der Waals surface area contributed by atoms with Crippen LogP contribution in [0.1, 0.15) is 62.9 Å². The van der Waals surface area contributed by atoms with Crippen LogP contribution < -0.4 is 10.6 Å². The molecule has 2 aliphatic rings. The summed E-state index contributed by atoms with van der Waals surface area (Å²) in [5, 5.41) is 16.6. The van der Waals surface area contributed by atoms with Crippen LogP contribution in [-0.4, -0.2) is 83.8 Å². The van der Waals surface area contributed by atoms with Crippen molar-refractivity contribution >= 4 is 22.5 Å². The number of nitriles is 1. The molecular weight excluding hydrogens is 615 g/mol. The van der Waals surface area contributed by atoms with Gasteiger partial charge in [-0.25, -0.2) is 0 Å². The molecule has 0 spiro atoms. The number of fused-ring (bicyclic) bond motifs is 1. The van der Waals surface area contributed by atoms with Gasteiger partial charge in [-0.15, -0.1) is 0 Å². The number of nitrogens with one attached hydrogen (secondary N) is 2. The average Bonchev–Trinajstić information content (AvgIpc) is 3.40. The van der Waals surface area contributed by atoms with Gasteiger partial charge in [-0.2, -0.15) is 18.4 Å². The molecule has 1 aromatic carbocycles. The Hall–Kier alpha value is -4.06. The highest BCUT2D eigenvalue weighted by Crippen LogP contribution is 2.28. The fraction of sp³-hybridized carbons (Fsp3) is 0.541. The van der Waals surface area contributed by atoms with Crippen molar-refractivity contribution in [2.24, 2.45) is 5.92 Å². The molecule has 2 aliphatic heterocycles. The summed E-state index contributed by atoms with van der Waals surface area (Å²) in [6, 6.07) is 13.6. The quantitative estimate of drug-likeness (QED) is 0.271. The molecule has 48 heavy (non-hydrogen) atoms. The molecule has 2 saturated heterocycles. The first-order valence-corrected chi connectivity index (χ1v) is 16.9. The van der Waals surface area contributed by atoms with Gasteiger partial charge in [-0.1, -0.05) is 12.0 Å². The molecule has 2 fully saturated rings. The van der Waals surface area contributed by atoms with Crippen LogP contribution in [0.5, 0.6) is 0 Å². The van der Waals surface area contributed by atoms with E-state index < -0.39 is 18.1 Å². The number of rotatable bonds is 10. The lowest BCUT2D eigenvalue weighted by molar-refractivity contribution is -0.140. The zero-order valence-electron chi connectivity index (χ0n) is 28.2. The van der Waals surface area contributed by atoms with Crippen molar-refractivity contribution in [1.82, 2.24) is 24.7 Å².